The van der Waals surface area contributed by atoms with Crippen molar-refractivity contribution in [2.75, 3.05) is 14.2 Å². The van der Waals surface area contributed by atoms with Gasteiger partial charge < -0.3 is 20.1 Å². The van der Waals surface area contributed by atoms with Crippen LogP contribution in [-0.4, -0.2) is 40.8 Å². The Morgan fingerprint density at radius 2 is 2.00 bits per heavy atom. The van der Waals surface area contributed by atoms with Gasteiger partial charge in [-0.3, -0.25) is 0 Å². The van der Waals surface area contributed by atoms with E-state index >= 15 is 0 Å². The molecule has 2 N–H and O–H groups in total. The molecule has 1 aliphatic rings. The summed E-state index contributed by atoms with van der Waals surface area (Å²) in [6.07, 6.45) is -0.677. The van der Waals surface area contributed by atoms with Gasteiger partial charge >= 0.3 is 6.03 Å². The van der Waals surface area contributed by atoms with E-state index < -0.39 is 26.6 Å². The monoisotopic (exact) mass is 354 g/mol. The van der Waals surface area contributed by atoms with Crippen molar-refractivity contribution < 1.29 is 14.3 Å². The number of hydrogen-bond acceptors (Lipinski definition) is 3. The molecule has 0 aliphatic carbocycles. The minimum atomic E-state index is -1.86. The van der Waals surface area contributed by atoms with E-state index in [4.69, 9.17) is 44.3 Å². The summed E-state index contributed by atoms with van der Waals surface area (Å²) in [4.78, 5) is 10.8. The molecule has 2 amide bonds. The van der Waals surface area contributed by atoms with Gasteiger partial charge in [0, 0.05) is 14.2 Å². The molecule has 3 unspecified atom stereocenters. The number of amides is 2. The van der Waals surface area contributed by atoms with E-state index in [-0.39, 0.29) is 0 Å². The van der Waals surface area contributed by atoms with Crippen molar-refractivity contribution >= 4 is 56.8 Å². The quantitative estimate of drug-likeness (QED) is 0.741. The molecule has 94 valence electrons. The Labute approximate surface area is 116 Å². The summed E-state index contributed by atoms with van der Waals surface area (Å²) in [6, 6.07) is -0.546. The van der Waals surface area contributed by atoms with Crippen LogP contribution in [-0.2, 0) is 9.47 Å². The summed E-state index contributed by atoms with van der Waals surface area (Å²) in [5.74, 6) is 0. The van der Waals surface area contributed by atoms with Crippen molar-refractivity contribution in [1.82, 2.24) is 10.6 Å². The molecule has 9 heteroatoms. The summed E-state index contributed by atoms with van der Waals surface area (Å²) in [6.45, 7) is 0. The average molecular weight is 356 g/mol. The van der Waals surface area contributed by atoms with E-state index in [2.05, 4.69) is 26.6 Å². The number of ether oxygens (including phenoxy) is 2. The maximum Gasteiger partial charge on any atom is 0.319 e. The second-order valence-electron chi connectivity index (χ2n) is 3.09. The SMILES string of the molecule is COC1NC(=O)NC(OC)(C(Cl)(Cl)Cl)C1Br. The van der Waals surface area contributed by atoms with Crippen molar-refractivity contribution in [2.24, 2.45) is 0 Å². The van der Waals surface area contributed by atoms with Crippen molar-refractivity contribution in [3.63, 3.8) is 0 Å². The van der Waals surface area contributed by atoms with Gasteiger partial charge in [-0.15, -0.1) is 0 Å². The highest BCUT2D eigenvalue weighted by Crippen LogP contribution is 2.45. The smallest absolute Gasteiger partial charge is 0.319 e. The molecule has 3 atom stereocenters. The number of carbonyl (C=O) groups excluding carboxylic acids is 1. The van der Waals surface area contributed by atoms with Crippen LogP contribution >= 0.6 is 50.7 Å². The van der Waals surface area contributed by atoms with Crippen LogP contribution in [0.15, 0.2) is 0 Å². The highest BCUT2D eigenvalue weighted by Gasteiger charge is 2.60. The molecule has 0 aromatic rings. The first-order chi connectivity index (χ1) is 7.28. The fraction of sp³-hybridized carbons (Fsp3) is 0.857. The summed E-state index contributed by atoms with van der Waals surface area (Å²) >= 11 is 20.8. The van der Waals surface area contributed by atoms with Crippen molar-refractivity contribution in [3.8, 4) is 0 Å². The lowest BCUT2D eigenvalue weighted by molar-refractivity contribution is -0.0782. The molecular formula is C7H10BrCl3N2O3. The van der Waals surface area contributed by atoms with Crippen LogP contribution in [0, 0.1) is 0 Å². The Hall–Kier alpha value is 0.540. The standard InChI is InChI=1S/C7H10BrCl3N2O3/c1-15-4-3(8)6(16-2,7(9,10)11)13-5(14)12-4/h3-4H,1-2H3,(H2,12,13,14). The van der Waals surface area contributed by atoms with Gasteiger partial charge in [0.25, 0.3) is 0 Å². The maximum absolute atomic E-state index is 11.4. The van der Waals surface area contributed by atoms with Crippen LogP contribution in [0.5, 0.6) is 0 Å². The van der Waals surface area contributed by atoms with Gasteiger partial charge in [0.2, 0.25) is 9.52 Å². The number of nitrogens with one attached hydrogen (secondary N) is 2. The van der Waals surface area contributed by atoms with Crippen LogP contribution < -0.4 is 10.6 Å². The maximum atomic E-state index is 11.4. The molecule has 5 nitrogen and oxygen atoms in total. The van der Waals surface area contributed by atoms with E-state index in [1.54, 1.807) is 0 Å². The third-order valence-electron chi connectivity index (χ3n) is 2.22. The molecule has 0 spiro atoms. The number of rotatable bonds is 2. The molecule has 1 rings (SSSR count). The Kier molecular flexibility index (Phi) is 4.60. The van der Waals surface area contributed by atoms with E-state index in [1.807, 2.05) is 0 Å². The molecule has 1 saturated heterocycles. The lowest BCUT2D eigenvalue weighted by Gasteiger charge is -2.47. The predicted molar refractivity (Wildman–Crippen MR) is 65.2 cm³/mol. The first kappa shape index (κ1) is 14.6. The minimum Gasteiger partial charge on any atom is -0.360 e. The number of alkyl halides is 4. The zero-order valence-corrected chi connectivity index (χ0v) is 12.2. The molecule has 0 saturated carbocycles. The number of hydrogen-bond donors (Lipinski definition) is 2. The van der Waals surface area contributed by atoms with Crippen LogP contribution in [0.1, 0.15) is 0 Å². The van der Waals surface area contributed by atoms with Crippen LogP contribution in [0.3, 0.4) is 0 Å². The van der Waals surface area contributed by atoms with E-state index in [0.717, 1.165) is 0 Å². The number of urea groups is 1. The average Bonchev–Trinajstić information content (AvgIpc) is 2.19. The second-order valence-corrected chi connectivity index (χ2v) is 6.36. The largest absolute Gasteiger partial charge is 0.360 e. The first-order valence-corrected chi connectivity index (χ1v) is 6.21. The lowest BCUT2D eigenvalue weighted by Crippen LogP contribution is -2.75. The van der Waals surface area contributed by atoms with Gasteiger partial charge in [-0.25, -0.2) is 4.79 Å². The Balaban J connectivity index is 3.11. The minimum absolute atomic E-state index is 0.546. The molecule has 1 heterocycles. The van der Waals surface area contributed by atoms with Gasteiger partial charge in [-0.1, -0.05) is 50.7 Å². The van der Waals surface area contributed by atoms with Crippen LogP contribution in [0.4, 0.5) is 4.79 Å². The number of methoxy groups -OCH3 is 2. The first-order valence-electron chi connectivity index (χ1n) is 4.16. The number of halogens is 4. The zero-order valence-electron chi connectivity index (χ0n) is 8.39. The van der Waals surface area contributed by atoms with Gasteiger partial charge in [0.05, 0.1) is 0 Å². The van der Waals surface area contributed by atoms with E-state index in [9.17, 15) is 4.79 Å². The topological polar surface area (TPSA) is 59.6 Å². The van der Waals surface area contributed by atoms with Gasteiger partial charge in [0.15, 0.2) is 0 Å². The lowest BCUT2D eigenvalue weighted by atomic mass is 10.1. The van der Waals surface area contributed by atoms with Gasteiger partial charge in [-0.2, -0.15) is 0 Å². The Bertz CT molecular complexity index is 289. The molecule has 0 bridgehead atoms. The van der Waals surface area contributed by atoms with Crippen molar-refractivity contribution in [2.45, 2.75) is 20.6 Å². The predicted octanol–water partition coefficient (Wildman–Crippen LogP) is 1.75. The van der Waals surface area contributed by atoms with E-state index in [1.165, 1.54) is 14.2 Å². The fourth-order valence-corrected chi connectivity index (χ4v) is 3.49. The Morgan fingerprint density at radius 1 is 1.44 bits per heavy atom. The Morgan fingerprint density at radius 3 is 2.38 bits per heavy atom. The summed E-state index contributed by atoms with van der Waals surface area (Å²) < 4.78 is 8.36. The third-order valence-corrected chi connectivity index (χ3v) is 4.19. The molecule has 1 aliphatic heterocycles. The normalized spacial score (nSPS) is 35.5. The highest BCUT2D eigenvalue weighted by molar-refractivity contribution is 9.09. The summed E-state index contributed by atoms with van der Waals surface area (Å²) in [7, 11) is 2.75. The molecule has 16 heavy (non-hydrogen) atoms. The molecular weight excluding hydrogens is 346 g/mol. The summed E-state index contributed by atoms with van der Waals surface area (Å²) in [5, 5.41) is 4.94. The van der Waals surface area contributed by atoms with Gasteiger partial charge in [-0.05, 0) is 0 Å². The highest BCUT2D eigenvalue weighted by atomic mass is 79.9. The fourth-order valence-electron chi connectivity index (χ4n) is 1.37. The van der Waals surface area contributed by atoms with Crippen LogP contribution in [0.2, 0.25) is 0 Å². The zero-order chi connectivity index (χ0) is 12.6. The molecule has 0 radical (unpaired) electrons. The molecule has 0 aromatic heterocycles. The van der Waals surface area contributed by atoms with Crippen molar-refractivity contribution in [3.05, 3.63) is 0 Å². The van der Waals surface area contributed by atoms with Crippen molar-refractivity contribution in [1.29, 1.82) is 0 Å². The van der Waals surface area contributed by atoms with Crippen LogP contribution in [0.25, 0.3) is 0 Å². The van der Waals surface area contributed by atoms with Gasteiger partial charge in [0.1, 0.15) is 11.1 Å². The van der Waals surface area contributed by atoms with E-state index in [0.29, 0.717) is 0 Å². The molecule has 1 fully saturated rings. The molecule has 0 aromatic carbocycles. The summed E-state index contributed by atoms with van der Waals surface area (Å²) in [5.41, 5.74) is -1.51. The third kappa shape index (κ3) is 2.37. The second kappa shape index (κ2) is 5.04. The number of carbonyl (C=O) groups is 1.